The van der Waals surface area contributed by atoms with Crippen LogP contribution in [-0.4, -0.2) is 56.0 Å². The van der Waals surface area contributed by atoms with Crippen LogP contribution in [0.3, 0.4) is 0 Å². The molecular formula is C20H31F3IN5O. The first-order chi connectivity index (χ1) is 13.7. The number of hydrogen-bond donors (Lipinski definition) is 3. The fraction of sp³-hybridized carbons (Fsp3) is 0.600. The molecule has 0 spiro atoms. The van der Waals surface area contributed by atoms with Crippen molar-refractivity contribution in [3.05, 3.63) is 35.4 Å². The lowest BCUT2D eigenvalue weighted by molar-refractivity contribution is -0.137. The highest BCUT2D eigenvalue weighted by molar-refractivity contribution is 14.0. The Bertz CT molecular complexity index is 706. The molecule has 1 fully saturated rings. The zero-order valence-corrected chi connectivity index (χ0v) is 19.7. The third-order valence-electron chi connectivity index (χ3n) is 5.18. The van der Waals surface area contributed by atoms with Crippen LogP contribution in [-0.2, 0) is 11.0 Å². The van der Waals surface area contributed by atoms with Gasteiger partial charge in [0.1, 0.15) is 0 Å². The molecule has 1 amide bonds. The fourth-order valence-corrected chi connectivity index (χ4v) is 3.44. The van der Waals surface area contributed by atoms with Gasteiger partial charge in [-0.3, -0.25) is 14.7 Å². The predicted octanol–water partition coefficient (Wildman–Crippen LogP) is 2.93. The van der Waals surface area contributed by atoms with Gasteiger partial charge in [0.25, 0.3) is 0 Å². The Morgan fingerprint density at radius 1 is 1.33 bits per heavy atom. The number of carbonyl (C=O) groups excluding carboxylic acids is 1. The maximum absolute atomic E-state index is 12.9. The molecule has 0 aliphatic carbocycles. The van der Waals surface area contributed by atoms with Crippen molar-refractivity contribution < 1.29 is 18.0 Å². The van der Waals surface area contributed by atoms with E-state index in [2.05, 4.69) is 15.6 Å². The molecule has 170 valence electrons. The second-order valence-corrected chi connectivity index (χ2v) is 7.47. The van der Waals surface area contributed by atoms with Crippen molar-refractivity contribution >= 4 is 35.8 Å². The summed E-state index contributed by atoms with van der Waals surface area (Å²) in [4.78, 5) is 17.3. The number of nitrogens with one attached hydrogen (secondary N) is 2. The molecule has 4 N–H and O–H groups in total. The zero-order chi connectivity index (χ0) is 21.4. The Morgan fingerprint density at radius 2 is 2.00 bits per heavy atom. The monoisotopic (exact) mass is 541 g/mol. The van der Waals surface area contributed by atoms with Crippen LogP contribution in [0, 0.1) is 0 Å². The first-order valence-electron chi connectivity index (χ1n) is 9.84. The van der Waals surface area contributed by atoms with Gasteiger partial charge in [0.2, 0.25) is 5.91 Å². The zero-order valence-electron chi connectivity index (χ0n) is 17.3. The number of carbonyl (C=O) groups is 1. The van der Waals surface area contributed by atoms with Gasteiger partial charge in [-0.1, -0.05) is 25.1 Å². The van der Waals surface area contributed by atoms with Crippen LogP contribution in [0.5, 0.6) is 0 Å². The molecule has 1 aromatic rings. The van der Waals surface area contributed by atoms with Crippen molar-refractivity contribution in [2.24, 2.45) is 10.7 Å². The molecule has 1 aliphatic rings. The third kappa shape index (κ3) is 8.66. The number of aliphatic imine (C=N–C) groups is 1. The van der Waals surface area contributed by atoms with Crippen LogP contribution in [0.4, 0.5) is 13.2 Å². The van der Waals surface area contributed by atoms with Crippen LogP contribution >= 0.6 is 24.0 Å². The number of alkyl halides is 3. The van der Waals surface area contributed by atoms with Crippen LogP contribution in [0.2, 0.25) is 0 Å². The van der Waals surface area contributed by atoms with E-state index in [0.29, 0.717) is 24.5 Å². The molecule has 1 aliphatic heterocycles. The number of rotatable bonds is 7. The molecule has 0 aromatic heterocycles. The number of hydrogen-bond acceptors (Lipinski definition) is 3. The summed E-state index contributed by atoms with van der Waals surface area (Å²) in [6, 6.07) is 5.75. The Balaban J connectivity index is 0.00000450. The first kappa shape index (κ1) is 26.5. The average Bonchev–Trinajstić information content (AvgIpc) is 2.67. The fourth-order valence-electron chi connectivity index (χ4n) is 3.44. The van der Waals surface area contributed by atoms with Crippen molar-refractivity contribution in [3.63, 3.8) is 0 Å². The molecule has 6 nitrogen and oxygen atoms in total. The van der Waals surface area contributed by atoms with Crippen molar-refractivity contribution in [2.45, 2.75) is 44.3 Å². The number of benzene rings is 1. The Kier molecular flexibility index (Phi) is 10.9. The maximum Gasteiger partial charge on any atom is 0.416 e. The minimum atomic E-state index is -4.33. The van der Waals surface area contributed by atoms with Gasteiger partial charge in [-0.05, 0) is 36.8 Å². The lowest BCUT2D eigenvalue weighted by atomic mass is 9.96. The smallest absolute Gasteiger partial charge is 0.369 e. The average molecular weight is 541 g/mol. The highest BCUT2D eigenvalue weighted by Crippen LogP contribution is 2.31. The number of halogens is 4. The first-order valence-corrected chi connectivity index (χ1v) is 9.84. The lowest BCUT2D eigenvalue weighted by Gasteiger charge is -2.32. The van der Waals surface area contributed by atoms with Crippen molar-refractivity contribution in [2.75, 3.05) is 33.2 Å². The summed E-state index contributed by atoms with van der Waals surface area (Å²) in [6.07, 6.45) is -1.88. The second-order valence-electron chi connectivity index (χ2n) is 7.47. The van der Waals surface area contributed by atoms with Gasteiger partial charge in [-0.15, -0.1) is 24.0 Å². The van der Waals surface area contributed by atoms with Gasteiger partial charge < -0.3 is 16.4 Å². The summed E-state index contributed by atoms with van der Waals surface area (Å²) >= 11 is 0. The third-order valence-corrected chi connectivity index (χ3v) is 5.18. The molecule has 1 heterocycles. The molecule has 30 heavy (non-hydrogen) atoms. The van der Waals surface area contributed by atoms with E-state index in [1.54, 1.807) is 13.1 Å². The van der Waals surface area contributed by atoms with E-state index in [1.165, 1.54) is 12.1 Å². The SMILES string of the molecule is CN=C(NCCC(C)c1cccc(C(F)(F)F)c1)NC1CCN(CC(N)=O)CC1.I. The number of guanidine groups is 1. The normalized spacial score (nSPS) is 17.2. The highest BCUT2D eigenvalue weighted by Gasteiger charge is 2.30. The van der Waals surface area contributed by atoms with Gasteiger partial charge in [-0.25, -0.2) is 0 Å². The highest BCUT2D eigenvalue weighted by atomic mass is 127. The molecule has 1 atom stereocenters. The molecule has 2 rings (SSSR count). The van der Waals surface area contributed by atoms with Gasteiger partial charge >= 0.3 is 6.18 Å². The molecule has 0 saturated carbocycles. The largest absolute Gasteiger partial charge is 0.416 e. The van der Waals surface area contributed by atoms with Crippen molar-refractivity contribution in [1.82, 2.24) is 15.5 Å². The number of primary amides is 1. The summed E-state index contributed by atoms with van der Waals surface area (Å²) < 4.78 is 38.6. The van der Waals surface area contributed by atoms with E-state index in [0.717, 1.165) is 32.0 Å². The topological polar surface area (TPSA) is 82.8 Å². The van der Waals surface area contributed by atoms with Gasteiger partial charge in [0, 0.05) is 32.7 Å². The second kappa shape index (κ2) is 12.3. The lowest BCUT2D eigenvalue weighted by Crippen LogP contribution is -2.50. The van der Waals surface area contributed by atoms with E-state index < -0.39 is 11.7 Å². The van der Waals surface area contributed by atoms with E-state index in [9.17, 15) is 18.0 Å². The summed E-state index contributed by atoms with van der Waals surface area (Å²) in [5, 5.41) is 6.60. The molecule has 1 unspecified atom stereocenters. The van der Waals surface area contributed by atoms with E-state index in [4.69, 9.17) is 5.73 Å². The molecule has 0 bridgehead atoms. The number of nitrogens with two attached hydrogens (primary N) is 1. The summed E-state index contributed by atoms with van der Waals surface area (Å²) in [7, 11) is 1.69. The number of amides is 1. The van der Waals surface area contributed by atoms with Gasteiger partial charge in [-0.2, -0.15) is 13.2 Å². The quantitative estimate of drug-likeness (QED) is 0.282. The molecule has 1 saturated heterocycles. The summed E-state index contributed by atoms with van der Waals surface area (Å²) in [5.41, 5.74) is 5.29. The van der Waals surface area contributed by atoms with Crippen LogP contribution in [0.1, 0.15) is 43.2 Å². The van der Waals surface area contributed by atoms with Crippen molar-refractivity contribution in [1.29, 1.82) is 0 Å². The molecule has 1 aromatic carbocycles. The number of nitrogens with zero attached hydrogens (tertiary/aromatic N) is 2. The van der Waals surface area contributed by atoms with Gasteiger partial charge in [0.15, 0.2) is 5.96 Å². The molecular weight excluding hydrogens is 510 g/mol. The Labute approximate surface area is 192 Å². The van der Waals surface area contributed by atoms with Crippen LogP contribution < -0.4 is 16.4 Å². The number of likely N-dealkylation sites (tertiary alicyclic amines) is 1. The number of piperidine rings is 1. The predicted molar refractivity (Wildman–Crippen MR) is 123 cm³/mol. The molecule has 10 heteroatoms. The summed E-state index contributed by atoms with van der Waals surface area (Å²) in [5.74, 6) is 0.346. The van der Waals surface area contributed by atoms with Crippen LogP contribution in [0.25, 0.3) is 0 Å². The van der Waals surface area contributed by atoms with E-state index >= 15 is 0 Å². The van der Waals surface area contributed by atoms with E-state index in [1.807, 2.05) is 11.8 Å². The Morgan fingerprint density at radius 3 is 2.57 bits per heavy atom. The van der Waals surface area contributed by atoms with E-state index in [-0.39, 0.29) is 48.4 Å². The maximum atomic E-state index is 12.9. The Hall–Kier alpha value is -1.56. The minimum Gasteiger partial charge on any atom is -0.369 e. The van der Waals surface area contributed by atoms with Crippen LogP contribution in [0.15, 0.2) is 29.3 Å². The summed E-state index contributed by atoms with van der Waals surface area (Å²) in [6.45, 7) is 4.39. The van der Waals surface area contributed by atoms with Gasteiger partial charge in [0.05, 0.1) is 12.1 Å². The van der Waals surface area contributed by atoms with Crippen molar-refractivity contribution in [3.8, 4) is 0 Å². The minimum absolute atomic E-state index is 0. The standard InChI is InChI=1S/C20H30F3N5O.HI/c1-14(15-4-3-5-16(12-15)20(21,22)23)6-9-26-19(25-2)27-17-7-10-28(11-8-17)13-18(24)29;/h3-5,12,14,17H,6-11,13H2,1-2H3,(H2,24,29)(H2,25,26,27);1H. The molecule has 0 radical (unpaired) electrons.